The maximum absolute atomic E-state index is 3.81. The zero-order valence-corrected chi connectivity index (χ0v) is 10.0. The summed E-state index contributed by atoms with van der Waals surface area (Å²) in [4.78, 5) is 0. The molecule has 0 aliphatic heterocycles. The van der Waals surface area contributed by atoms with Crippen molar-refractivity contribution in [1.29, 1.82) is 0 Å². The molecule has 0 spiro atoms. The molecule has 0 aliphatic rings. The minimum absolute atomic E-state index is 0. The predicted molar refractivity (Wildman–Crippen MR) is 38.1 cm³/mol. The van der Waals surface area contributed by atoms with Crippen molar-refractivity contribution in [1.82, 2.24) is 0 Å². The summed E-state index contributed by atoms with van der Waals surface area (Å²) in [5, 5.41) is 0. The van der Waals surface area contributed by atoms with Crippen LogP contribution >= 0.6 is 0 Å². The normalized spacial score (nSPS) is 10.5. The molecule has 2 heteroatoms. The smallest absolute Gasteiger partial charge is 0.0417 e. The molecular formula is C6H15SiY-. The molecular weight excluding hydrogens is 189 g/mol. The van der Waals surface area contributed by atoms with Crippen LogP contribution in [0.5, 0.6) is 0 Å². The molecule has 0 aromatic heterocycles. The predicted octanol–water partition coefficient (Wildman–Crippen LogP) is 2.55. The molecule has 1 radical (unpaired) electrons. The van der Waals surface area contributed by atoms with E-state index in [9.17, 15) is 0 Å². The second-order valence-corrected chi connectivity index (χ2v) is 8.79. The van der Waals surface area contributed by atoms with Gasteiger partial charge in [-0.25, -0.2) is 0 Å². The fourth-order valence-corrected chi connectivity index (χ4v) is 1.59. The Labute approximate surface area is 79.3 Å². The Morgan fingerprint density at radius 1 is 1.25 bits per heavy atom. The molecule has 0 saturated carbocycles. The van der Waals surface area contributed by atoms with E-state index in [1.165, 1.54) is 6.04 Å². The molecule has 0 nitrogen and oxygen atoms in total. The van der Waals surface area contributed by atoms with Crippen LogP contribution in [-0.2, 0) is 32.7 Å². The van der Waals surface area contributed by atoms with E-state index in [0.29, 0.717) is 0 Å². The van der Waals surface area contributed by atoms with Gasteiger partial charge in [0.1, 0.15) is 0 Å². The average molecular weight is 204 g/mol. The SMILES string of the molecule is [CH2-]CC[Si](C)(C)C.[Y]. The second-order valence-electron chi connectivity index (χ2n) is 3.16. The molecule has 0 saturated heterocycles. The molecule has 0 N–H and O–H groups in total. The quantitative estimate of drug-likeness (QED) is 0.479. The third-order valence-electron chi connectivity index (χ3n) is 0.927. The number of rotatable bonds is 2. The minimum atomic E-state index is -0.720. The van der Waals surface area contributed by atoms with Crippen LogP contribution in [0.25, 0.3) is 0 Å². The van der Waals surface area contributed by atoms with E-state index in [0.717, 1.165) is 6.42 Å². The van der Waals surface area contributed by atoms with Crippen molar-refractivity contribution in [3.63, 3.8) is 0 Å². The van der Waals surface area contributed by atoms with E-state index < -0.39 is 8.07 Å². The number of hydrogen-bond acceptors (Lipinski definition) is 0. The molecule has 0 aromatic carbocycles. The molecule has 0 aromatic rings. The van der Waals surface area contributed by atoms with Crippen LogP contribution in [0, 0.1) is 6.92 Å². The summed E-state index contributed by atoms with van der Waals surface area (Å²) in [5.41, 5.74) is 0. The summed E-state index contributed by atoms with van der Waals surface area (Å²) in [6.45, 7) is 10.9. The number of hydrogen-bond donors (Lipinski definition) is 0. The largest absolute Gasteiger partial charge is 0.344 e. The van der Waals surface area contributed by atoms with E-state index in [1.807, 2.05) is 0 Å². The van der Waals surface area contributed by atoms with E-state index in [2.05, 4.69) is 26.6 Å². The van der Waals surface area contributed by atoms with Gasteiger partial charge >= 0.3 is 0 Å². The van der Waals surface area contributed by atoms with Crippen LogP contribution in [0.15, 0.2) is 0 Å². The molecule has 0 fully saturated rings. The Morgan fingerprint density at radius 2 is 1.62 bits per heavy atom. The van der Waals surface area contributed by atoms with E-state index >= 15 is 0 Å². The summed E-state index contributed by atoms with van der Waals surface area (Å²) < 4.78 is 0. The van der Waals surface area contributed by atoms with Crippen LogP contribution in [0.2, 0.25) is 25.7 Å². The van der Waals surface area contributed by atoms with E-state index in [4.69, 9.17) is 0 Å². The fraction of sp³-hybridized carbons (Fsp3) is 0.833. The maximum Gasteiger partial charge on any atom is 0.0417 e. The van der Waals surface area contributed by atoms with Crippen molar-refractivity contribution < 1.29 is 32.7 Å². The van der Waals surface area contributed by atoms with Crippen molar-refractivity contribution in [2.45, 2.75) is 32.1 Å². The Bertz CT molecular complexity index is 47.0. The van der Waals surface area contributed by atoms with Crippen LogP contribution < -0.4 is 0 Å². The molecule has 47 valence electrons. The Morgan fingerprint density at radius 3 is 1.62 bits per heavy atom. The first kappa shape index (κ1) is 12.0. The maximum atomic E-state index is 3.81. The zero-order chi connectivity index (χ0) is 5.91. The van der Waals surface area contributed by atoms with Gasteiger partial charge in [0, 0.05) is 40.8 Å². The first-order chi connectivity index (χ1) is 3.06. The molecule has 0 unspecified atom stereocenters. The van der Waals surface area contributed by atoms with E-state index in [1.54, 1.807) is 0 Å². The van der Waals surface area contributed by atoms with E-state index in [-0.39, 0.29) is 32.7 Å². The molecule has 0 atom stereocenters. The summed E-state index contributed by atoms with van der Waals surface area (Å²) in [6, 6.07) is 1.37. The summed E-state index contributed by atoms with van der Waals surface area (Å²) in [5.74, 6) is 0. The molecule has 0 aliphatic carbocycles. The van der Waals surface area contributed by atoms with Gasteiger partial charge in [0.15, 0.2) is 0 Å². The summed E-state index contributed by atoms with van der Waals surface area (Å²) >= 11 is 0. The molecule has 0 bridgehead atoms. The van der Waals surface area contributed by atoms with Crippen LogP contribution in [0.3, 0.4) is 0 Å². The monoisotopic (exact) mass is 204 g/mol. The van der Waals surface area contributed by atoms with Crippen molar-refractivity contribution >= 4 is 8.07 Å². The van der Waals surface area contributed by atoms with Crippen molar-refractivity contribution in [2.75, 3.05) is 0 Å². The summed E-state index contributed by atoms with van der Waals surface area (Å²) in [7, 11) is -0.720. The first-order valence-corrected chi connectivity index (χ1v) is 6.56. The van der Waals surface area contributed by atoms with Gasteiger partial charge < -0.3 is 6.92 Å². The van der Waals surface area contributed by atoms with Crippen LogP contribution in [-0.4, -0.2) is 8.07 Å². The van der Waals surface area contributed by atoms with Gasteiger partial charge in [-0.05, 0) is 0 Å². The molecule has 0 heterocycles. The Kier molecular flexibility index (Phi) is 7.73. The van der Waals surface area contributed by atoms with Gasteiger partial charge in [0.25, 0.3) is 0 Å². The van der Waals surface area contributed by atoms with Gasteiger partial charge in [-0.1, -0.05) is 25.7 Å². The summed E-state index contributed by atoms with van der Waals surface area (Å²) in [6.07, 6.45) is 1.12. The van der Waals surface area contributed by atoms with Crippen LogP contribution in [0.1, 0.15) is 6.42 Å². The molecule has 8 heavy (non-hydrogen) atoms. The molecule has 0 rings (SSSR count). The van der Waals surface area contributed by atoms with Gasteiger partial charge in [0.2, 0.25) is 0 Å². The van der Waals surface area contributed by atoms with Crippen molar-refractivity contribution in [3.8, 4) is 0 Å². The third kappa shape index (κ3) is 10.3. The topological polar surface area (TPSA) is 0 Å². The third-order valence-corrected chi connectivity index (χ3v) is 2.78. The Balaban J connectivity index is 0. The van der Waals surface area contributed by atoms with Gasteiger partial charge in [-0.3, -0.25) is 0 Å². The van der Waals surface area contributed by atoms with Crippen molar-refractivity contribution in [3.05, 3.63) is 6.92 Å². The second kappa shape index (κ2) is 5.13. The first-order valence-electron chi connectivity index (χ1n) is 2.85. The van der Waals surface area contributed by atoms with Gasteiger partial charge in [-0.15, -0.1) is 0 Å². The van der Waals surface area contributed by atoms with Gasteiger partial charge in [0.05, 0.1) is 0 Å². The fourth-order valence-electron chi connectivity index (χ4n) is 0.530. The van der Waals surface area contributed by atoms with Gasteiger partial charge in [-0.2, -0.15) is 6.42 Å². The van der Waals surface area contributed by atoms with Crippen LogP contribution in [0.4, 0.5) is 0 Å². The zero-order valence-electron chi connectivity index (χ0n) is 6.20. The van der Waals surface area contributed by atoms with Crippen molar-refractivity contribution in [2.24, 2.45) is 0 Å². The average Bonchev–Trinajstić information content (AvgIpc) is 1.30. The Hall–Kier alpha value is 1.32. The standard InChI is InChI=1S/C6H15Si.Y/c1-5-6-7(2,3)4;/h1,5-6H2,2-4H3;/q-1;. The minimum Gasteiger partial charge on any atom is -0.344 e. The molecule has 0 amide bonds.